The number of aliphatic imine (C=N–C) groups is 1. The van der Waals surface area contributed by atoms with Crippen LogP contribution >= 0.6 is 0 Å². The predicted octanol–water partition coefficient (Wildman–Crippen LogP) is -1.37. The SMILES string of the molecule is CCN(C)C(=O)C(C)N=C(N)NN. The van der Waals surface area contributed by atoms with Crippen molar-refractivity contribution in [3.05, 3.63) is 0 Å². The maximum Gasteiger partial charge on any atom is 0.246 e. The first kappa shape index (κ1) is 11.7. The van der Waals surface area contributed by atoms with Gasteiger partial charge < -0.3 is 10.6 Å². The van der Waals surface area contributed by atoms with E-state index in [1.807, 2.05) is 6.92 Å². The first-order valence-corrected chi connectivity index (χ1v) is 4.07. The number of amides is 1. The summed E-state index contributed by atoms with van der Waals surface area (Å²) in [5.41, 5.74) is 7.46. The topological polar surface area (TPSA) is 96.7 Å². The molecular weight excluding hydrogens is 170 g/mol. The first-order chi connectivity index (χ1) is 6.02. The van der Waals surface area contributed by atoms with E-state index in [2.05, 4.69) is 10.4 Å². The Morgan fingerprint density at radius 2 is 2.23 bits per heavy atom. The lowest BCUT2D eigenvalue weighted by molar-refractivity contribution is -0.130. The van der Waals surface area contributed by atoms with Gasteiger partial charge in [0.2, 0.25) is 11.9 Å². The van der Waals surface area contributed by atoms with Gasteiger partial charge in [-0.1, -0.05) is 0 Å². The molecule has 0 aliphatic carbocycles. The number of nitrogens with zero attached hydrogens (tertiary/aromatic N) is 2. The first-order valence-electron chi connectivity index (χ1n) is 4.07. The summed E-state index contributed by atoms with van der Waals surface area (Å²) in [6.07, 6.45) is 0. The van der Waals surface area contributed by atoms with Crippen molar-refractivity contribution in [1.82, 2.24) is 10.3 Å². The summed E-state index contributed by atoms with van der Waals surface area (Å²) in [5, 5.41) is 0. The van der Waals surface area contributed by atoms with Crippen molar-refractivity contribution in [2.24, 2.45) is 16.6 Å². The Bertz CT molecular complexity index is 203. The summed E-state index contributed by atoms with van der Waals surface area (Å²) in [6, 6.07) is -0.499. The van der Waals surface area contributed by atoms with Gasteiger partial charge in [-0.15, -0.1) is 0 Å². The van der Waals surface area contributed by atoms with Crippen LogP contribution in [0.5, 0.6) is 0 Å². The minimum absolute atomic E-state index is 0.0605. The molecule has 1 amide bonds. The minimum atomic E-state index is -0.499. The van der Waals surface area contributed by atoms with E-state index in [0.29, 0.717) is 6.54 Å². The largest absolute Gasteiger partial charge is 0.369 e. The predicted molar refractivity (Wildman–Crippen MR) is 51.7 cm³/mol. The summed E-state index contributed by atoms with van der Waals surface area (Å²) in [4.78, 5) is 16.8. The highest BCUT2D eigenvalue weighted by atomic mass is 16.2. The zero-order valence-electron chi connectivity index (χ0n) is 8.24. The van der Waals surface area contributed by atoms with Crippen molar-refractivity contribution in [3.63, 3.8) is 0 Å². The van der Waals surface area contributed by atoms with Crippen LogP contribution < -0.4 is 17.0 Å². The van der Waals surface area contributed by atoms with Crippen LogP contribution in [-0.4, -0.2) is 36.4 Å². The van der Waals surface area contributed by atoms with Gasteiger partial charge in [-0.05, 0) is 13.8 Å². The Morgan fingerprint density at radius 3 is 2.62 bits per heavy atom. The number of likely N-dealkylation sites (N-methyl/N-ethyl adjacent to an activating group) is 1. The molecule has 1 atom stereocenters. The normalized spacial score (nSPS) is 13.7. The molecule has 0 rings (SSSR count). The number of hydrazine groups is 1. The fourth-order valence-electron chi connectivity index (χ4n) is 0.776. The second-order valence-electron chi connectivity index (χ2n) is 2.69. The van der Waals surface area contributed by atoms with Crippen LogP contribution in [0, 0.1) is 0 Å². The molecule has 0 saturated heterocycles. The number of hydrogen-bond donors (Lipinski definition) is 3. The number of guanidine groups is 1. The second kappa shape index (κ2) is 5.36. The average Bonchev–Trinajstić information content (AvgIpc) is 2.14. The Morgan fingerprint density at radius 1 is 1.69 bits per heavy atom. The van der Waals surface area contributed by atoms with Gasteiger partial charge in [-0.3, -0.25) is 10.2 Å². The molecule has 0 aromatic heterocycles. The van der Waals surface area contributed by atoms with E-state index in [-0.39, 0.29) is 11.9 Å². The lowest BCUT2D eigenvalue weighted by Crippen LogP contribution is -2.40. The quantitative estimate of drug-likeness (QED) is 0.220. The molecule has 13 heavy (non-hydrogen) atoms. The third-order valence-corrected chi connectivity index (χ3v) is 1.69. The molecule has 76 valence electrons. The fraction of sp³-hybridized carbons (Fsp3) is 0.714. The molecule has 5 N–H and O–H groups in total. The highest BCUT2D eigenvalue weighted by Crippen LogP contribution is 1.95. The van der Waals surface area contributed by atoms with E-state index in [4.69, 9.17) is 11.6 Å². The van der Waals surface area contributed by atoms with Crippen molar-refractivity contribution >= 4 is 11.9 Å². The number of carbonyl (C=O) groups excluding carboxylic acids is 1. The number of nitrogens with one attached hydrogen (secondary N) is 1. The summed E-state index contributed by atoms with van der Waals surface area (Å²) >= 11 is 0. The highest BCUT2D eigenvalue weighted by molar-refractivity contribution is 5.85. The third-order valence-electron chi connectivity index (χ3n) is 1.69. The third kappa shape index (κ3) is 3.75. The van der Waals surface area contributed by atoms with Crippen molar-refractivity contribution < 1.29 is 4.79 Å². The van der Waals surface area contributed by atoms with Gasteiger partial charge in [0.05, 0.1) is 0 Å². The van der Waals surface area contributed by atoms with E-state index in [1.165, 1.54) is 0 Å². The molecule has 0 aromatic rings. The van der Waals surface area contributed by atoms with Gasteiger partial charge in [0.15, 0.2) is 0 Å². The number of rotatable bonds is 3. The highest BCUT2D eigenvalue weighted by Gasteiger charge is 2.15. The zero-order valence-corrected chi connectivity index (χ0v) is 8.24. The van der Waals surface area contributed by atoms with E-state index >= 15 is 0 Å². The van der Waals surface area contributed by atoms with E-state index in [1.54, 1.807) is 18.9 Å². The Labute approximate surface area is 77.9 Å². The molecule has 0 aliphatic heterocycles. The van der Waals surface area contributed by atoms with Crippen LogP contribution in [0.4, 0.5) is 0 Å². The molecular formula is C7H17N5O. The zero-order chi connectivity index (χ0) is 10.4. The number of hydrogen-bond acceptors (Lipinski definition) is 3. The van der Waals surface area contributed by atoms with Gasteiger partial charge in [0.1, 0.15) is 6.04 Å². The monoisotopic (exact) mass is 187 g/mol. The molecule has 0 aromatic carbocycles. The van der Waals surface area contributed by atoms with Crippen LogP contribution in [0.3, 0.4) is 0 Å². The van der Waals surface area contributed by atoms with Gasteiger partial charge in [-0.25, -0.2) is 10.8 Å². The van der Waals surface area contributed by atoms with Crippen LogP contribution in [0.15, 0.2) is 4.99 Å². The Kier molecular flexibility index (Phi) is 4.83. The number of nitrogens with two attached hydrogens (primary N) is 2. The van der Waals surface area contributed by atoms with Gasteiger partial charge in [-0.2, -0.15) is 0 Å². The molecule has 0 aliphatic rings. The molecule has 6 heteroatoms. The van der Waals surface area contributed by atoms with Crippen molar-refractivity contribution in [2.75, 3.05) is 13.6 Å². The lowest BCUT2D eigenvalue weighted by Gasteiger charge is -2.17. The fourth-order valence-corrected chi connectivity index (χ4v) is 0.776. The van der Waals surface area contributed by atoms with Crippen LogP contribution in [-0.2, 0) is 4.79 Å². The van der Waals surface area contributed by atoms with Crippen LogP contribution in [0.1, 0.15) is 13.8 Å². The summed E-state index contributed by atoms with van der Waals surface area (Å²) < 4.78 is 0. The summed E-state index contributed by atoms with van der Waals surface area (Å²) in [5.74, 6) is 4.98. The molecule has 6 nitrogen and oxygen atoms in total. The maximum atomic E-state index is 11.4. The van der Waals surface area contributed by atoms with E-state index < -0.39 is 6.04 Å². The molecule has 0 fully saturated rings. The second-order valence-corrected chi connectivity index (χ2v) is 2.69. The molecule has 0 heterocycles. The van der Waals surface area contributed by atoms with E-state index in [0.717, 1.165) is 0 Å². The Balaban J connectivity index is 4.26. The molecule has 0 saturated carbocycles. The minimum Gasteiger partial charge on any atom is -0.369 e. The average molecular weight is 187 g/mol. The molecule has 0 spiro atoms. The van der Waals surface area contributed by atoms with Crippen LogP contribution in [0.2, 0.25) is 0 Å². The van der Waals surface area contributed by atoms with Gasteiger partial charge >= 0.3 is 0 Å². The Hall–Kier alpha value is -1.30. The lowest BCUT2D eigenvalue weighted by atomic mass is 10.3. The van der Waals surface area contributed by atoms with Gasteiger partial charge in [0.25, 0.3) is 0 Å². The van der Waals surface area contributed by atoms with Crippen molar-refractivity contribution in [1.29, 1.82) is 0 Å². The summed E-state index contributed by atoms with van der Waals surface area (Å²) in [7, 11) is 1.71. The van der Waals surface area contributed by atoms with Crippen LogP contribution in [0.25, 0.3) is 0 Å². The summed E-state index contributed by atoms with van der Waals surface area (Å²) in [6.45, 7) is 4.20. The van der Waals surface area contributed by atoms with Crippen molar-refractivity contribution in [3.8, 4) is 0 Å². The van der Waals surface area contributed by atoms with Gasteiger partial charge in [0, 0.05) is 13.6 Å². The smallest absolute Gasteiger partial charge is 0.246 e. The van der Waals surface area contributed by atoms with Crippen molar-refractivity contribution in [2.45, 2.75) is 19.9 Å². The number of carbonyl (C=O) groups is 1. The standard InChI is InChI=1S/C7H17N5O/c1-4-12(3)6(13)5(2)10-7(8)11-9/h5H,4,9H2,1-3H3,(H3,8,10,11). The molecule has 1 unspecified atom stereocenters. The molecule has 0 bridgehead atoms. The molecule has 0 radical (unpaired) electrons. The maximum absolute atomic E-state index is 11.4. The van der Waals surface area contributed by atoms with E-state index in [9.17, 15) is 4.79 Å².